The zero-order valence-corrected chi connectivity index (χ0v) is 12.5. The molecule has 0 spiro atoms. The maximum Gasteiger partial charge on any atom is 0.124 e. The first-order chi connectivity index (χ1) is 10.5. The summed E-state index contributed by atoms with van der Waals surface area (Å²) in [7, 11) is 1.55. The van der Waals surface area contributed by atoms with Gasteiger partial charge in [-0.25, -0.2) is 0 Å². The van der Waals surface area contributed by atoms with Crippen LogP contribution in [0.4, 0.5) is 0 Å². The minimum atomic E-state index is -0.801. The minimum absolute atomic E-state index is 0.0934. The maximum absolute atomic E-state index is 10.2. The standard InChI is InChI=1S/C17H19NO4/c1-11(17(21)12-3-5-14(19)6-4-12)18-10-13-9-15(22-2)7-8-16(13)20/h3-11,17,19-21H,1-2H3/t11-,17-/m1/s1. The summed E-state index contributed by atoms with van der Waals surface area (Å²) in [4.78, 5) is 4.28. The van der Waals surface area contributed by atoms with Gasteiger partial charge < -0.3 is 20.1 Å². The second kappa shape index (κ2) is 6.95. The van der Waals surface area contributed by atoms with Crippen molar-refractivity contribution in [3.05, 3.63) is 53.6 Å². The van der Waals surface area contributed by atoms with E-state index < -0.39 is 12.1 Å². The van der Waals surface area contributed by atoms with Crippen LogP contribution in [-0.4, -0.2) is 34.7 Å². The van der Waals surface area contributed by atoms with Gasteiger partial charge in [-0.15, -0.1) is 0 Å². The first kappa shape index (κ1) is 15.9. The largest absolute Gasteiger partial charge is 0.508 e. The molecule has 0 saturated heterocycles. The topological polar surface area (TPSA) is 82.3 Å². The van der Waals surface area contributed by atoms with Gasteiger partial charge >= 0.3 is 0 Å². The fraction of sp³-hybridized carbons (Fsp3) is 0.235. The number of aromatic hydroxyl groups is 2. The molecule has 0 unspecified atom stereocenters. The lowest BCUT2D eigenvalue weighted by atomic mass is 10.0. The second-order valence-electron chi connectivity index (χ2n) is 4.98. The molecule has 2 rings (SSSR count). The fourth-order valence-corrected chi connectivity index (χ4v) is 1.99. The Morgan fingerprint density at radius 1 is 1.09 bits per heavy atom. The molecular weight excluding hydrogens is 282 g/mol. The Kier molecular flexibility index (Phi) is 5.01. The molecule has 0 aromatic heterocycles. The molecule has 2 aromatic rings. The molecular formula is C17H19NO4. The third-order valence-corrected chi connectivity index (χ3v) is 3.38. The molecule has 0 heterocycles. The van der Waals surface area contributed by atoms with E-state index in [1.165, 1.54) is 24.4 Å². The summed E-state index contributed by atoms with van der Waals surface area (Å²) in [6.45, 7) is 1.77. The number of benzene rings is 2. The molecule has 22 heavy (non-hydrogen) atoms. The van der Waals surface area contributed by atoms with Gasteiger partial charge in [0.05, 0.1) is 13.2 Å². The van der Waals surface area contributed by atoms with Crippen LogP contribution < -0.4 is 4.74 Å². The molecule has 116 valence electrons. The number of methoxy groups -OCH3 is 1. The van der Waals surface area contributed by atoms with Gasteiger partial charge in [0.25, 0.3) is 0 Å². The van der Waals surface area contributed by atoms with Crippen molar-refractivity contribution in [3.8, 4) is 17.2 Å². The third kappa shape index (κ3) is 3.77. The highest BCUT2D eigenvalue weighted by Gasteiger charge is 2.15. The van der Waals surface area contributed by atoms with Crippen LogP contribution in [0.1, 0.15) is 24.2 Å². The molecule has 0 aliphatic carbocycles. The highest BCUT2D eigenvalue weighted by molar-refractivity contribution is 5.84. The van der Waals surface area contributed by atoms with Crippen molar-refractivity contribution in [1.29, 1.82) is 0 Å². The third-order valence-electron chi connectivity index (χ3n) is 3.38. The van der Waals surface area contributed by atoms with Crippen LogP contribution in [0.25, 0.3) is 0 Å². The van der Waals surface area contributed by atoms with Crippen molar-refractivity contribution in [2.24, 2.45) is 4.99 Å². The SMILES string of the molecule is COc1ccc(O)c(C=N[C@H](C)[C@@H](O)c2ccc(O)cc2)c1. The molecule has 0 fully saturated rings. The van der Waals surface area contributed by atoms with Crippen molar-refractivity contribution in [2.75, 3.05) is 7.11 Å². The number of phenols is 2. The smallest absolute Gasteiger partial charge is 0.124 e. The van der Waals surface area contributed by atoms with Crippen molar-refractivity contribution in [1.82, 2.24) is 0 Å². The van der Waals surface area contributed by atoms with Crippen LogP contribution in [0.15, 0.2) is 47.5 Å². The number of rotatable bonds is 5. The number of phenolic OH excluding ortho intramolecular Hbond substituents is 2. The number of nitrogens with zero attached hydrogens (tertiary/aromatic N) is 1. The van der Waals surface area contributed by atoms with E-state index in [1.54, 1.807) is 38.3 Å². The van der Waals surface area contributed by atoms with E-state index in [0.717, 1.165) is 0 Å². The van der Waals surface area contributed by atoms with Crippen molar-refractivity contribution in [2.45, 2.75) is 19.1 Å². The number of hydrogen-bond acceptors (Lipinski definition) is 5. The Hall–Kier alpha value is -2.53. The Bertz CT molecular complexity index is 652. The van der Waals surface area contributed by atoms with Gasteiger partial charge in [-0.1, -0.05) is 12.1 Å². The summed E-state index contributed by atoms with van der Waals surface area (Å²) >= 11 is 0. The predicted molar refractivity (Wildman–Crippen MR) is 84.8 cm³/mol. The predicted octanol–water partition coefficient (Wildman–Crippen LogP) is 2.65. The van der Waals surface area contributed by atoms with E-state index in [4.69, 9.17) is 4.74 Å². The molecule has 0 saturated carbocycles. The number of aliphatic imine (C=N–C) groups is 1. The van der Waals surface area contributed by atoms with E-state index in [-0.39, 0.29) is 11.5 Å². The Labute approximate surface area is 129 Å². The van der Waals surface area contributed by atoms with Gasteiger partial charge in [0.1, 0.15) is 23.4 Å². The van der Waals surface area contributed by atoms with Crippen molar-refractivity contribution in [3.63, 3.8) is 0 Å². The Morgan fingerprint density at radius 2 is 1.77 bits per heavy atom. The van der Waals surface area contributed by atoms with E-state index in [9.17, 15) is 15.3 Å². The molecule has 0 bridgehead atoms. The summed E-state index contributed by atoms with van der Waals surface area (Å²) in [5, 5.41) is 29.3. The highest BCUT2D eigenvalue weighted by Crippen LogP contribution is 2.23. The molecule has 0 aliphatic heterocycles. The molecule has 0 radical (unpaired) electrons. The summed E-state index contributed by atoms with van der Waals surface area (Å²) in [6.07, 6.45) is 0.705. The average Bonchev–Trinajstić information content (AvgIpc) is 2.54. The minimum Gasteiger partial charge on any atom is -0.508 e. The monoisotopic (exact) mass is 301 g/mol. The summed E-state index contributed by atoms with van der Waals surface area (Å²) in [6, 6.07) is 10.8. The van der Waals surface area contributed by atoms with Crippen LogP contribution in [0.2, 0.25) is 0 Å². The lowest BCUT2D eigenvalue weighted by Crippen LogP contribution is -2.12. The Morgan fingerprint density at radius 3 is 2.41 bits per heavy atom. The fourth-order valence-electron chi connectivity index (χ4n) is 1.99. The van der Waals surface area contributed by atoms with Gasteiger partial charge in [0.2, 0.25) is 0 Å². The second-order valence-corrected chi connectivity index (χ2v) is 4.98. The van der Waals surface area contributed by atoms with E-state index >= 15 is 0 Å². The number of aliphatic hydroxyl groups is 1. The summed E-state index contributed by atoms with van der Waals surface area (Å²) in [5.74, 6) is 0.857. The average molecular weight is 301 g/mol. The first-order valence-electron chi connectivity index (χ1n) is 6.88. The van der Waals surface area contributed by atoms with Crippen molar-refractivity contribution < 1.29 is 20.1 Å². The number of hydrogen-bond donors (Lipinski definition) is 3. The van der Waals surface area contributed by atoms with Crippen LogP contribution in [0.5, 0.6) is 17.2 Å². The highest BCUT2D eigenvalue weighted by atomic mass is 16.5. The number of aliphatic hydroxyl groups excluding tert-OH is 1. The molecule has 5 nitrogen and oxygen atoms in total. The maximum atomic E-state index is 10.2. The van der Waals surface area contributed by atoms with E-state index in [2.05, 4.69) is 4.99 Å². The van der Waals surface area contributed by atoms with E-state index in [1.807, 2.05) is 0 Å². The molecule has 2 atom stereocenters. The molecule has 0 aliphatic rings. The molecule has 5 heteroatoms. The van der Waals surface area contributed by atoms with Gasteiger partial charge in [0.15, 0.2) is 0 Å². The summed E-state index contributed by atoms with van der Waals surface area (Å²) < 4.78 is 5.10. The normalized spacial score (nSPS) is 14.0. The van der Waals surface area contributed by atoms with Gasteiger partial charge in [0, 0.05) is 11.8 Å². The lowest BCUT2D eigenvalue weighted by molar-refractivity contribution is 0.154. The molecule has 2 aromatic carbocycles. The van der Waals surface area contributed by atoms with Crippen molar-refractivity contribution >= 4 is 6.21 Å². The molecule has 3 N–H and O–H groups in total. The van der Waals surface area contributed by atoms with Crippen LogP contribution >= 0.6 is 0 Å². The zero-order chi connectivity index (χ0) is 16.1. The van der Waals surface area contributed by atoms with Crippen LogP contribution in [0.3, 0.4) is 0 Å². The Balaban J connectivity index is 2.13. The van der Waals surface area contributed by atoms with Gasteiger partial charge in [-0.2, -0.15) is 0 Å². The first-order valence-corrected chi connectivity index (χ1v) is 6.88. The van der Waals surface area contributed by atoms with Gasteiger partial charge in [-0.3, -0.25) is 4.99 Å². The summed E-state index contributed by atoms with van der Waals surface area (Å²) in [5.41, 5.74) is 1.18. The molecule has 0 amide bonds. The van der Waals surface area contributed by atoms with Gasteiger partial charge in [-0.05, 0) is 42.8 Å². The quantitative estimate of drug-likeness (QED) is 0.741. The lowest BCUT2D eigenvalue weighted by Gasteiger charge is -2.15. The van der Waals surface area contributed by atoms with E-state index in [0.29, 0.717) is 16.9 Å². The zero-order valence-electron chi connectivity index (χ0n) is 12.5. The number of ether oxygens (including phenoxy) is 1. The van der Waals surface area contributed by atoms with Crippen LogP contribution in [-0.2, 0) is 0 Å². The van der Waals surface area contributed by atoms with Crippen LogP contribution in [0, 0.1) is 0 Å².